The molecule has 0 spiro atoms. The Kier molecular flexibility index (Phi) is 6.17. The summed E-state index contributed by atoms with van der Waals surface area (Å²) in [5.74, 6) is -0.333. The van der Waals surface area contributed by atoms with Gasteiger partial charge in [-0.05, 0) is 46.5 Å². The molecule has 3 nitrogen and oxygen atoms in total. The van der Waals surface area contributed by atoms with Crippen molar-refractivity contribution in [3.8, 4) is 6.07 Å². The summed E-state index contributed by atoms with van der Waals surface area (Å²) in [5, 5.41) is 8.83. The van der Waals surface area contributed by atoms with Crippen molar-refractivity contribution in [2.75, 3.05) is 7.11 Å². The Morgan fingerprint density at radius 3 is 1.43 bits per heavy atom. The highest BCUT2D eigenvalue weighted by molar-refractivity contribution is 5.89. The fourth-order valence-electron chi connectivity index (χ4n) is 2.62. The van der Waals surface area contributed by atoms with Crippen LogP contribution in [0.25, 0.3) is 24.3 Å². The monoisotopic (exact) mass is 365 g/mol. The number of carbonyl (C=O) groups is 1. The Labute approximate surface area is 164 Å². The number of esters is 1. The summed E-state index contributed by atoms with van der Waals surface area (Å²) >= 11 is 0. The Morgan fingerprint density at radius 1 is 0.714 bits per heavy atom. The molecule has 28 heavy (non-hydrogen) atoms. The fourth-order valence-corrected chi connectivity index (χ4v) is 2.62. The van der Waals surface area contributed by atoms with E-state index in [9.17, 15) is 4.79 Å². The van der Waals surface area contributed by atoms with Crippen LogP contribution in [0, 0.1) is 11.3 Å². The molecule has 0 aliphatic carbocycles. The van der Waals surface area contributed by atoms with Gasteiger partial charge in [0, 0.05) is 0 Å². The minimum absolute atomic E-state index is 0.333. The van der Waals surface area contributed by atoms with Gasteiger partial charge >= 0.3 is 5.97 Å². The standard InChI is InChI=1S/C25H19NO2/c1-28-25(27)24-16-14-22(15-17-24)9-8-20-4-2-19(3-5-20)6-7-21-10-12-23(18-26)13-11-21/h2-17H,1H3/b7-6+,9-8+. The summed E-state index contributed by atoms with van der Waals surface area (Å²) in [6.45, 7) is 0. The van der Waals surface area contributed by atoms with Crippen LogP contribution >= 0.6 is 0 Å². The van der Waals surface area contributed by atoms with Crippen molar-refractivity contribution < 1.29 is 9.53 Å². The summed E-state index contributed by atoms with van der Waals surface area (Å²) < 4.78 is 4.70. The Bertz CT molecular complexity index is 1040. The number of rotatable bonds is 5. The van der Waals surface area contributed by atoms with Crippen LogP contribution in [-0.2, 0) is 4.74 Å². The molecule has 0 unspecified atom stereocenters. The van der Waals surface area contributed by atoms with Crippen LogP contribution in [0.4, 0.5) is 0 Å². The SMILES string of the molecule is COC(=O)c1ccc(/C=C/c2ccc(/C=C/c3ccc(C#N)cc3)cc2)cc1. The van der Waals surface area contributed by atoms with Crippen LogP contribution in [0.1, 0.15) is 38.2 Å². The lowest BCUT2D eigenvalue weighted by atomic mass is 10.1. The Balaban J connectivity index is 1.63. The van der Waals surface area contributed by atoms with Crippen molar-refractivity contribution in [2.45, 2.75) is 0 Å². The predicted molar refractivity (Wildman–Crippen MR) is 113 cm³/mol. The minimum atomic E-state index is -0.333. The van der Waals surface area contributed by atoms with Crippen molar-refractivity contribution in [3.05, 3.63) is 106 Å². The maximum Gasteiger partial charge on any atom is 0.337 e. The summed E-state index contributed by atoms with van der Waals surface area (Å²) in [4.78, 5) is 11.5. The van der Waals surface area contributed by atoms with Crippen molar-refractivity contribution in [1.82, 2.24) is 0 Å². The molecule has 3 aromatic rings. The number of hydrogen-bond acceptors (Lipinski definition) is 3. The zero-order valence-electron chi connectivity index (χ0n) is 15.5. The third kappa shape index (κ3) is 5.06. The van der Waals surface area contributed by atoms with Gasteiger partial charge in [0.25, 0.3) is 0 Å². The van der Waals surface area contributed by atoms with Gasteiger partial charge in [-0.1, -0.05) is 72.8 Å². The first-order valence-electron chi connectivity index (χ1n) is 8.83. The summed E-state index contributed by atoms with van der Waals surface area (Å²) in [7, 11) is 1.37. The molecule has 3 aromatic carbocycles. The Hall–Kier alpha value is -3.90. The number of methoxy groups -OCH3 is 1. The van der Waals surface area contributed by atoms with Gasteiger partial charge in [-0.3, -0.25) is 0 Å². The second-order valence-corrected chi connectivity index (χ2v) is 6.18. The van der Waals surface area contributed by atoms with Crippen LogP contribution in [-0.4, -0.2) is 13.1 Å². The molecule has 3 heteroatoms. The van der Waals surface area contributed by atoms with Crippen molar-refractivity contribution in [2.24, 2.45) is 0 Å². The molecule has 0 atom stereocenters. The first-order valence-corrected chi connectivity index (χ1v) is 8.83. The number of carbonyl (C=O) groups excluding carboxylic acids is 1. The quantitative estimate of drug-likeness (QED) is 0.431. The van der Waals surface area contributed by atoms with E-state index in [1.807, 2.05) is 60.7 Å². The number of hydrogen-bond donors (Lipinski definition) is 0. The molecule has 3 rings (SSSR count). The molecule has 0 amide bonds. The number of benzene rings is 3. The molecule has 136 valence electrons. The van der Waals surface area contributed by atoms with Gasteiger partial charge in [-0.15, -0.1) is 0 Å². The highest BCUT2D eigenvalue weighted by Crippen LogP contribution is 2.14. The van der Waals surface area contributed by atoms with Gasteiger partial charge in [0.1, 0.15) is 0 Å². The smallest absolute Gasteiger partial charge is 0.337 e. The maximum absolute atomic E-state index is 11.5. The molecule has 0 radical (unpaired) electrons. The van der Waals surface area contributed by atoms with E-state index in [1.54, 1.807) is 12.1 Å². The van der Waals surface area contributed by atoms with Crippen molar-refractivity contribution in [1.29, 1.82) is 5.26 Å². The molecule has 0 heterocycles. The summed E-state index contributed by atoms with van der Waals surface area (Å²) in [6, 6.07) is 25.1. The molecule has 0 aliphatic heterocycles. The molecule has 0 aliphatic rings. The van der Waals surface area contributed by atoms with Gasteiger partial charge in [0.15, 0.2) is 0 Å². The van der Waals surface area contributed by atoms with E-state index in [2.05, 4.69) is 30.3 Å². The summed E-state index contributed by atoms with van der Waals surface area (Å²) in [5.41, 5.74) is 5.46. The van der Waals surface area contributed by atoms with E-state index in [4.69, 9.17) is 10.00 Å². The van der Waals surface area contributed by atoms with Crippen LogP contribution in [0.5, 0.6) is 0 Å². The molecule has 0 saturated heterocycles. The van der Waals surface area contributed by atoms with E-state index in [0.29, 0.717) is 11.1 Å². The molecule has 0 saturated carbocycles. The van der Waals surface area contributed by atoms with Crippen LogP contribution in [0.2, 0.25) is 0 Å². The van der Waals surface area contributed by atoms with Gasteiger partial charge < -0.3 is 4.74 Å². The van der Waals surface area contributed by atoms with Gasteiger partial charge in [0.05, 0.1) is 24.3 Å². The summed E-state index contributed by atoms with van der Waals surface area (Å²) in [6.07, 6.45) is 8.10. The lowest BCUT2D eigenvalue weighted by Gasteiger charge is -2.00. The maximum atomic E-state index is 11.5. The molecule has 0 fully saturated rings. The van der Waals surface area contributed by atoms with E-state index in [1.165, 1.54) is 7.11 Å². The third-order valence-corrected chi connectivity index (χ3v) is 4.24. The largest absolute Gasteiger partial charge is 0.465 e. The van der Waals surface area contributed by atoms with E-state index >= 15 is 0 Å². The molecule has 0 N–H and O–H groups in total. The van der Waals surface area contributed by atoms with E-state index in [0.717, 1.165) is 22.3 Å². The molecule has 0 bridgehead atoms. The van der Waals surface area contributed by atoms with E-state index < -0.39 is 0 Å². The highest BCUT2D eigenvalue weighted by atomic mass is 16.5. The van der Waals surface area contributed by atoms with Crippen LogP contribution in [0.3, 0.4) is 0 Å². The first kappa shape index (κ1) is 18.9. The van der Waals surface area contributed by atoms with Gasteiger partial charge in [0.2, 0.25) is 0 Å². The average Bonchev–Trinajstić information content (AvgIpc) is 2.77. The number of nitrogens with zero attached hydrogens (tertiary/aromatic N) is 1. The minimum Gasteiger partial charge on any atom is -0.465 e. The van der Waals surface area contributed by atoms with Crippen LogP contribution in [0.15, 0.2) is 72.8 Å². The number of nitriles is 1. The average molecular weight is 365 g/mol. The fraction of sp³-hybridized carbons (Fsp3) is 0.0400. The zero-order chi connectivity index (χ0) is 19.8. The topological polar surface area (TPSA) is 50.1 Å². The van der Waals surface area contributed by atoms with Crippen LogP contribution < -0.4 is 0 Å². The predicted octanol–water partition coefficient (Wildman–Crippen LogP) is 5.69. The Morgan fingerprint density at radius 2 is 1.07 bits per heavy atom. The number of ether oxygens (including phenoxy) is 1. The van der Waals surface area contributed by atoms with Gasteiger partial charge in [-0.2, -0.15) is 5.26 Å². The van der Waals surface area contributed by atoms with E-state index in [-0.39, 0.29) is 5.97 Å². The van der Waals surface area contributed by atoms with Gasteiger partial charge in [-0.25, -0.2) is 4.79 Å². The highest BCUT2D eigenvalue weighted by Gasteiger charge is 2.03. The van der Waals surface area contributed by atoms with Crippen molar-refractivity contribution >= 4 is 30.3 Å². The first-order chi connectivity index (χ1) is 13.7. The second-order valence-electron chi connectivity index (χ2n) is 6.18. The lowest BCUT2D eigenvalue weighted by molar-refractivity contribution is 0.0600. The second kappa shape index (κ2) is 9.16. The molecule has 0 aromatic heterocycles. The lowest BCUT2D eigenvalue weighted by Crippen LogP contribution is -2.00. The molecular weight excluding hydrogens is 346 g/mol. The van der Waals surface area contributed by atoms with Crippen molar-refractivity contribution in [3.63, 3.8) is 0 Å². The normalized spacial score (nSPS) is 10.9. The third-order valence-electron chi connectivity index (χ3n) is 4.24. The zero-order valence-corrected chi connectivity index (χ0v) is 15.5. The molecular formula is C25H19NO2.